The highest BCUT2D eigenvalue weighted by Gasteiger charge is 2.16. The maximum Gasteiger partial charge on any atom is 0.319 e. The third-order valence-corrected chi connectivity index (χ3v) is 5.26. The molecule has 0 saturated carbocycles. The number of nitrogens with zero attached hydrogens (tertiary/aromatic N) is 1. The predicted octanol–water partition coefficient (Wildman–Crippen LogP) is 4.26. The molecule has 6 heteroatoms. The second-order valence-electron chi connectivity index (χ2n) is 6.04. The Morgan fingerprint density at radius 3 is 3.00 bits per heavy atom. The van der Waals surface area contributed by atoms with Gasteiger partial charge in [-0.25, -0.2) is 9.78 Å². The van der Waals surface area contributed by atoms with Crippen LogP contribution in [0.2, 0.25) is 0 Å². The highest BCUT2D eigenvalue weighted by Crippen LogP contribution is 2.31. The fraction of sp³-hybridized carbons (Fsp3) is 0.263. The van der Waals surface area contributed by atoms with Crippen LogP contribution in [0.4, 0.5) is 10.5 Å². The summed E-state index contributed by atoms with van der Waals surface area (Å²) in [6, 6.07) is 15.6. The number of benzene rings is 2. The summed E-state index contributed by atoms with van der Waals surface area (Å²) in [4.78, 5) is 16.7. The topological polar surface area (TPSA) is 63.2 Å². The number of urea groups is 1. The second kappa shape index (κ2) is 7.21. The number of carbonyl (C=O) groups is 1. The molecule has 2 heterocycles. The van der Waals surface area contributed by atoms with Crippen LogP contribution in [0.15, 0.2) is 48.5 Å². The minimum atomic E-state index is -0.211. The van der Waals surface area contributed by atoms with Gasteiger partial charge in [-0.1, -0.05) is 24.3 Å². The molecule has 0 bridgehead atoms. The van der Waals surface area contributed by atoms with Crippen LogP contribution in [-0.2, 0) is 4.74 Å². The molecule has 25 heavy (non-hydrogen) atoms. The molecule has 3 aromatic rings. The highest BCUT2D eigenvalue weighted by molar-refractivity contribution is 7.21. The molecule has 1 aromatic heterocycles. The van der Waals surface area contributed by atoms with Crippen LogP contribution >= 0.6 is 11.3 Å². The highest BCUT2D eigenvalue weighted by atomic mass is 32.1. The monoisotopic (exact) mass is 353 g/mol. The number of ether oxygens (including phenoxy) is 1. The van der Waals surface area contributed by atoms with Gasteiger partial charge < -0.3 is 15.4 Å². The van der Waals surface area contributed by atoms with Crippen molar-refractivity contribution in [2.45, 2.75) is 18.9 Å². The SMILES string of the molecule is O=C(NCC1CCCO1)Nc1cccc(-c2nc3ccccc3s2)c1. The summed E-state index contributed by atoms with van der Waals surface area (Å²) in [5, 5.41) is 6.70. The lowest BCUT2D eigenvalue weighted by Gasteiger charge is -2.12. The molecule has 1 unspecified atom stereocenters. The fourth-order valence-corrected chi connectivity index (χ4v) is 3.87. The molecule has 0 radical (unpaired) electrons. The summed E-state index contributed by atoms with van der Waals surface area (Å²) >= 11 is 1.65. The van der Waals surface area contributed by atoms with Gasteiger partial charge in [-0.2, -0.15) is 0 Å². The number of para-hydroxylation sites is 1. The van der Waals surface area contributed by atoms with E-state index in [0.717, 1.165) is 45.9 Å². The van der Waals surface area contributed by atoms with E-state index in [2.05, 4.69) is 21.7 Å². The molecular weight excluding hydrogens is 334 g/mol. The maximum atomic E-state index is 12.1. The summed E-state index contributed by atoms with van der Waals surface area (Å²) < 4.78 is 6.67. The molecule has 1 aliphatic heterocycles. The van der Waals surface area contributed by atoms with Crippen molar-refractivity contribution in [2.24, 2.45) is 0 Å². The number of rotatable bonds is 4. The molecule has 1 aliphatic rings. The van der Waals surface area contributed by atoms with Crippen LogP contribution in [-0.4, -0.2) is 30.3 Å². The molecule has 1 saturated heterocycles. The molecular formula is C19H19N3O2S. The van der Waals surface area contributed by atoms with E-state index in [1.54, 1.807) is 11.3 Å². The Balaban J connectivity index is 1.44. The third-order valence-electron chi connectivity index (χ3n) is 4.18. The minimum Gasteiger partial charge on any atom is -0.376 e. The van der Waals surface area contributed by atoms with Crippen LogP contribution in [0.3, 0.4) is 0 Å². The quantitative estimate of drug-likeness (QED) is 0.736. The summed E-state index contributed by atoms with van der Waals surface area (Å²) in [5.74, 6) is 0. The van der Waals surface area contributed by atoms with Crippen molar-refractivity contribution >= 4 is 33.3 Å². The number of aromatic nitrogens is 1. The molecule has 2 N–H and O–H groups in total. The van der Waals surface area contributed by atoms with Crippen LogP contribution in [0, 0.1) is 0 Å². The lowest BCUT2D eigenvalue weighted by Crippen LogP contribution is -2.35. The van der Waals surface area contributed by atoms with Crippen molar-refractivity contribution in [3.8, 4) is 10.6 Å². The second-order valence-corrected chi connectivity index (χ2v) is 7.07. The first kappa shape index (κ1) is 16.1. The van der Waals surface area contributed by atoms with Crippen molar-refractivity contribution in [1.82, 2.24) is 10.3 Å². The lowest BCUT2D eigenvalue weighted by molar-refractivity contribution is 0.112. The third kappa shape index (κ3) is 3.81. The Hall–Kier alpha value is -2.44. The molecule has 2 aromatic carbocycles. The summed E-state index contributed by atoms with van der Waals surface area (Å²) in [6.07, 6.45) is 2.21. The molecule has 0 aliphatic carbocycles. The predicted molar refractivity (Wildman–Crippen MR) is 101 cm³/mol. The Morgan fingerprint density at radius 2 is 2.16 bits per heavy atom. The Labute approximate surface area is 150 Å². The number of fused-ring (bicyclic) bond motifs is 1. The summed E-state index contributed by atoms with van der Waals surface area (Å²) in [7, 11) is 0. The largest absolute Gasteiger partial charge is 0.376 e. The lowest BCUT2D eigenvalue weighted by atomic mass is 10.2. The zero-order chi connectivity index (χ0) is 17.1. The number of amides is 2. The molecule has 128 valence electrons. The Kier molecular flexibility index (Phi) is 4.63. The first-order chi connectivity index (χ1) is 12.3. The van der Waals surface area contributed by atoms with E-state index in [-0.39, 0.29) is 12.1 Å². The van der Waals surface area contributed by atoms with Crippen molar-refractivity contribution in [1.29, 1.82) is 0 Å². The number of carbonyl (C=O) groups excluding carboxylic acids is 1. The number of anilines is 1. The first-order valence-electron chi connectivity index (χ1n) is 8.40. The van der Waals surface area contributed by atoms with Gasteiger partial charge in [0.1, 0.15) is 5.01 Å². The van der Waals surface area contributed by atoms with E-state index < -0.39 is 0 Å². The summed E-state index contributed by atoms with van der Waals surface area (Å²) in [6.45, 7) is 1.33. The van der Waals surface area contributed by atoms with Gasteiger partial charge in [-0.15, -0.1) is 11.3 Å². The van der Waals surface area contributed by atoms with Gasteiger partial charge in [-0.05, 0) is 37.1 Å². The smallest absolute Gasteiger partial charge is 0.319 e. The van der Waals surface area contributed by atoms with E-state index in [0.29, 0.717) is 6.54 Å². The van der Waals surface area contributed by atoms with Gasteiger partial charge in [0, 0.05) is 24.4 Å². The normalized spacial score (nSPS) is 16.9. The van der Waals surface area contributed by atoms with E-state index in [1.807, 2.05) is 42.5 Å². The van der Waals surface area contributed by atoms with Gasteiger partial charge in [0.05, 0.1) is 16.3 Å². The van der Waals surface area contributed by atoms with E-state index in [4.69, 9.17) is 4.74 Å². The fourth-order valence-electron chi connectivity index (χ4n) is 2.91. The maximum absolute atomic E-state index is 12.1. The van der Waals surface area contributed by atoms with Gasteiger partial charge in [0.15, 0.2) is 0 Å². The van der Waals surface area contributed by atoms with Crippen molar-refractivity contribution in [3.05, 3.63) is 48.5 Å². The standard InChI is InChI=1S/C19H19N3O2S/c23-19(20-12-15-7-4-10-24-15)21-14-6-3-5-13(11-14)18-22-16-8-1-2-9-17(16)25-18/h1-3,5-6,8-9,11,15H,4,7,10,12H2,(H2,20,21,23). The average molecular weight is 353 g/mol. The number of thiazole rings is 1. The van der Waals surface area contributed by atoms with Crippen molar-refractivity contribution in [2.75, 3.05) is 18.5 Å². The Morgan fingerprint density at radius 1 is 1.24 bits per heavy atom. The van der Waals surface area contributed by atoms with Gasteiger partial charge in [-0.3, -0.25) is 0 Å². The van der Waals surface area contributed by atoms with Gasteiger partial charge >= 0.3 is 6.03 Å². The molecule has 2 amide bonds. The number of hydrogen-bond acceptors (Lipinski definition) is 4. The first-order valence-corrected chi connectivity index (χ1v) is 9.22. The molecule has 0 spiro atoms. The van der Waals surface area contributed by atoms with E-state index in [1.165, 1.54) is 0 Å². The number of nitrogens with one attached hydrogen (secondary N) is 2. The number of hydrogen-bond donors (Lipinski definition) is 2. The molecule has 4 rings (SSSR count). The molecule has 5 nitrogen and oxygen atoms in total. The zero-order valence-corrected chi connectivity index (χ0v) is 14.5. The zero-order valence-electron chi connectivity index (χ0n) is 13.7. The van der Waals surface area contributed by atoms with Crippen LogP contribution in [0.25, 0.3) is 20.8 Å². The van der Waals surface area contributed by atoms with Crippen molar-refractivity contribution < 1.29 is 9.53 Å². The Bertz CT molecular complexity index is 854. The molecule has 1 atom stereocenters. The summed E-state index contributed by atoms with van der Waals surface area (Å²) in [5.41, 5.74) is 2.75. The minimum absolute atomic E-state index is 0.139. The van der Waals surface area contributed by atoms with Gasteiger partial charge in [0.2, 0.25) is 0 Å². The van der Waals surface area contributed by atoms with Crippen LogP contribution in [0.5, 0.6) is 0 Å². The average Bonchev–Trinajstić information content (AvgIpc) is 3.29. The van der Waals surface area contributed by atoms with E-state index >= 15 is 0 Å². The van der Waals surface area contributed by atoms with Crippen molar-refractivity contribution in [3.63, 3.8) is 0 Å². The van der Waals surface area contributed by atoms with Crippen LogP contribution < -0.4 is 10.6 Å². The van der Waals surface area contributed by atoms with Crippen LogP contribution in [0.1, 0.15) is 12.8 Å². The van der Waals surface area contributed by atoms with E-state index in [9.17, 15) is 4.79 Å². The van der Waals surface area contributed by atoms with Gasteiger partial charge in [0.25, 0.3) is 0 Å². The molecule has 1 fully saturated rings.